The Labute approximate surface area is 182 Å². The molecule has 0 spiro atoms. The lowest BCUT2D eigenvalue weighted by molar-refractivity contribution is 0.101. The molecule has 4 aromatic rings. The van der Waals surface area contributed by atoms with E-state index in [1.54, 1.807) is 4.68 Å². The van der Waals surface area contributed by atoms with E-state index in [2.05, 4.69) is 31.3 Å². The first kappa shape index (κ1) is 19.8. The molecule has 0 atom stereocenters. The van der Waals surface area contributed by atoms with Crippen LogP contribution < -0.4 is 10.1 Å². The van der Waals surface area contributed by atoms with Crippen molar-refractivity contribution < 1.29 is 9.53 Å². The Hall–Kier alpha value is -3.45. The molecule has 0 bridgehead atoms. The highest BCUT2D eigenvalue weighted by atomic mass is 79.9. The number of hydrogen-bond acceptors (Lipinski definition) is 4. The third-order valence-electron chi connectivity index (χ3n) is 4.34. The molecule has 150 valence electrons. The minimum absolute atomic E-state index is 0.0886. The Morgan fingerprint density at radius 2 is 1.70 bits per heavy atom. The normalized spacial score (nSPS) is 10.6. The maximum absolute atomic E-state index is 12.8. The molecule has 0 aliphatic heterocycles. The third-order valence-corrected chi connectivity index (χ3v) is 4.87. The van der Waals surface area contributed by atoms with Crippen LogP contribution in [0.15, 0.2) is 83.3 Å². The van der Waals surface area contributed by atoms with Crippen LogP contribution in [-0.2, 0) is 0 Å². The predicted octanol–water partition coefficient (Wildman–Crippen LogP) is 5.35. The van der Waals surface area contributed by atoms with Crippen molar-refractivity contribution >= 4 is 27.5 Å². The van der Waals surface area contributed by atoms with Gasteiger partial charge in [-0.25, -0.2) is 9.67 Å². The molecule has 1 heterocycles. The molecule has 0 fully saturated rings. The van der Waals surface area contributed by atoms with E-state index in [9.17, 15) is 4.79 Å². The topological polar surface area (TPSA) is 69.0 Å². The van der Waals surface area contributed by atoms with Crippen molar-refractivity contribution in [3.8, 4) is 22.8 Å². The molecule has 0 saturated carbocycles. The van der Waals surface area contributed by atoms with Gasteiger partial charge >= 0.3 is 0 Å². The SMILES string of the molecule is CCOc1ccc(-n2nc(C(=O)Nc3ccccc3)nc2-c2ccc(Br)cc2)cc1. The van der Waals surface area contributed by atoms with Gasteiger partial charge in [-0.1, -0.05) is 46.3 Å². The van der Waals surface area contributed by atoms with E-state index in [0.717, 1.165) is 21.5 Å². The van der Waals surface area contributed by atoms with E-state index in [0.29, 0.717) is 18.1 Å². The summed E-state index contributed by atoms with van der Waals surface area (Å²) in [5.74, 6) is 1.06. The zero-order chi connectivity index (χ0) is 20.9. The molecule has 4 rings (SSSR count). The van der Waals surface area contributed by atoms with Gasteiger partial charge in [0, 0.05) is 15.7 Å². The lowest BCUT2D eigenvalue weighted by Crippen LogP contribution is -2.14. The Kier molecular flexibility index (Phi) is 5.90. The molecule has 7 heteroatoms. The number of carbonyl (C=O) groups excluding carboxylic acids is 1. The van der Waals surface area contributed by atoms with E-state index in [1.165, 1.54) is 0 Å². The van der Waals surface area contributed by atoms with Crippen LogP contribution in [0, 0.1) is 0 Å². The van der Waals surface area contributed by atoms with Gasteiger partial charge < -0.3 is 10.1 Å². The number of aromatic nitrogens is 3. The second-order valence-corrected chi connectivity index (χ2v) is 7.34. The number of para-hydroxylation sites is 1. The number of benzene rings is 3. The number of ether oxygens (including phenoxy) is 1. The zero-order valence-electron chi connectivity index (χ0n) is 16.2. The van der Waals surface area contributed by atoms with Gasteiger partial charge in [0.25, 0.3) is 5.91 Å². The average molecular weight is 463 g/mol. The van der Waals surface area contributed by atoms with Gasteiger partial charge in [-0.2, -0.15) is 0 Å². The first-order valence-corrected chi connectivity index (χ1v) is 10.3. The van der Waals surface area contributed by atoms with Crippen LogP contribution in [0.2, 0.25) is 0 Å². The smallest absolute Gasteiger partial charge is 0.295 e. The number of hydrogen-bond donors (Lipinski definition) is 1. The summed E-state index contributed by atoms with van der Waals surface area (Å²) in [4.78, 5) is 17.3. The standard InChI is InChI=1S/C23H19BrN4O2/c1-2-30-20-14-12-19(13-15-20)28-22(16-8-10-17(24)11-9-16)26-21(27-28)23(29)25-18-6-4-3-5-7-18/h3-15H,2H2,1H3,(H,25,29). The number of halogens is 1. The van der Waals surface area contributed by atoms with Gasteiger partial charge in [-0.3, -0.25) is 4.79 Å². The quantitative estimate of drug-likeness (QED) is 0.419. The van der Waals surface area contributed by atoms with Crippen LogP contribution in [0.3, 0.4) is 0 Å². The van der Waals surface area contributed by atoms with Gasteiger partial charge in [0.2, 0.25) is 5.82 Å². The van der Waals surface area contributed by atoms with Gasteiger partial charge in [0.1, 0.15) is 5.75 Å². The Morgan fingerprint density at radius 1 is 1.00 bits per heavy atom. The fraction of sp³-hybridized carbons (Fsp3) is 0.0870. The molecule has 0 aliphatic rings. The first-order chi connectivity index (χ1) is 14.6. The molecule has 1 N–H and O–H groups in total. The summed E-state index contributed by atoms with van der Waals surface area (Å²) in [6.45, 7) is 2.53. The van der Waals surface area contributed by atoms with Crippen molar-refractivity contribution in [3.63, 3.8) is 0 Å². The zero-order valence-corrected chi connectivity index (χ0v) is 17.8. The maximum Gasteiger partial charge on any atom is 0.295 e. The lowest BCUT2D eigenvalue weighted by atomic mass is 10.2. The number of nitrogens with zero attached hydrogens (tertiary/aromatic N) is 3. The van der Waals surface area contributed by atoms with Gasteiger partial charge in [0.05, 0.1) is 12.3 Å². The molecule has 1 aromatic heterocycles. The van der Waals surface area contributed by atoms with E-state index >= 15 is 0 Å². The number of anilines is 1. The van der Waals surface area contributed by atoms with Crippen molar-refractivity contribution in [1.29, 1.82) is 0 Å². The van der Waals surface area contributed by atoms with E-state index in [-0.39, 0.29) is 11.7 Å². The highest BCUT2D eigenvalue weighted by Gasteiger charge is 2.19. The van der Waals surface area contributed by atoms with Crippen molar-refractivity contribution in [3.05, 3.63) is 89.2 Å². The van der Waals surface area contributed by atoms with Crippen LogP contribution in [0.5, 0.6) is 5.75 Å². The second kappa shape index (κ2) is 8.92. The Morgan fingerprint density at radius 3 is 2.37 bits per heavy atom. The van der Waals surface area contributed by atoms with Crippen molar-refractivity contribution in [2.45, 2.75) is 6.92 Å². The first-order valence-electron chi connectivity index (χ1n) is 9.46. The van der Waals surface area contributed by atoms with Gasteiger partial charge in [-0.05, 0) is 55.5 Å². The van der Waals surface area contributed by atoms with E-state index in [1.807, 2.05) is 85.8 Å². The average Bonchev–Trinajstić information content (AvgIpc) is 3.21. The molecule has 6 nitrogen and oxygen atoms in total. The summed E-state index contributed by atoms with van der Waals surface area (Å²) in [7, 11) is 0. The fourth-order valence-electron chi connectivity index (χ4n) is 2.93. The molecule has 0 aliphatic carbocycles. The van der Waals surface area contributed by atoms with Crippen molar-refractivity contribution in [2.24, 2.45) is 0 Å². The van der Waals surface area contributed by atoms with Crippen LogP contribution in [0.4, 0.5) is 5.69 Å². The molecule has 30 heavy (non-hydrogen) atoms. The number of amides is 1. The highest BCUT2D eigenvalue weighted by Crippen LogP contribution is 2.24. The van der Waals surface area contributed by atoms with Crippen LogP contribution >= 0.6 is 15.9 Å². The van der Waals surface area contributed by atoms with E-state index < -0.39 is 0 Å². The van der Waals surface area contributed by atoms with Crippen LogP contribution in [0.25, 0.3) is 17.1 Å². The highest BCUT2D eigenvalue weighted by molar-refractivity contribution is 9.10. The predicted molar refractivity (Wildman–Crippen MR) is 120 cm³/mol. The summed E-state index contributed by atoms with van der Waals surface area (Å²) in [5, 5.41) is 7.32. The summed E-state index contributed by atoms with van der Waals surface area (Å²) in [6.07, 6.45) is 0. The number of rotatable bonds is 6. The summed E-state index contributed by atoms with van der Waals surface area (Å²) < 4.78 is 8.14. The minimum atomic E-state index is -0.371. The summed E-state index contributed by atoms with van der Waals surface area (Å²) in [5.41, 5.74) is 2.31. The van der Waals surface area contributed by atoms with Crippen molar-refractivity contribution in [1.82, 2.24) is 14.8 Å². The molecular weight excluding hydrogens is 444 g/mol. The second-order valence-electron chi connectivity index (χ2n) is 6.42. The Balaban J connectivity index is 1.73. The van der Waals surface area contributed by atoms with Crippen molar-refractivity contribution in [2.75, 3.05) is 11.9 Å². The minimum Gasteiger partial charge on any atom is -0.494 e. The monoisotopic (exact) mass is 462 g/mol. The molecule has 3 aromatic carbocycles. The number of nitrogens with one attached hydrogen (secondary N) is 1. The molecule has 0 unspecified atom stereocenters. The molecule has 0 radical (unpaired) electrons. The van der Waals surface area contributed by atoms with Crippen LogP contribution in [0.1, 0.15) is 17.5 Å². The third kappa shape index (κ3) is 4.41. The van der Waals surface area contributed by atoms with E-state index in [4.69, 9.17) is 4.74 Å². The van der Waals surface area contributed by atoms with Crippen LogP contribution in [-0.4, -0.2) is 27.3 Å². The summed E-state index contributed by atoms with van der Waals surface area (Å²) >= 11 is 3.45. The lowest BCUT2D eigenvalue weighted by Gasteiger charge is -2.08. The summed E-state index contributed by atoms with van der Waals surface area (Å²) in [6, 6.07) is 24.5. The largest absolute Gasteiger partial charge is 0.494 e. The van der Waals surface area contributed by atoms with Gasteiger partial charge in [0.15, 0.2) is 5.82 Å². The maximum atomic E-state index is 12.8. The molecule has 0 saturated heterocycles. The molecular formula is C23H19BrN4O2. The molecule has 1 amide bonds. The Bertz CT molecular complexity index is 1140. The number of carbonyl (C=O) groups is 1. The fourth-order valence-corrected chi connectivity index (χ4v) is 3.20. The van der Waals surface area contributed by atoms with Gasteiger partial charge in [-0.15, -0.1) is 5.10 Å².